The van der Waals surface area contributed by atoms with Crippen LogP contribution in [-0.4, -0.2) is 38.8 Å². The molecule has 2 aromatic rings. The summed E-state index contributed by atoms with van der Waals surface area (Å²) in [6, 6.07) is 5.27. The monoisotopic (exact) mass is 332 g/mol. The molecule has 1 amide bonds. The molecule has 0 bridgehead atoms. The summed E-state index contributed by atoms with van der Waals surface area (Å²) in [5, 5.41) is 11.3. The molecule has 0 saturated carbocycles. The van der Waals surface area contributed by atoms with E-state index in [0.717, 1.165) is 0 Å². The minimum Gasteiger partial charge on any atom is -0.482 e. The van der Waals surface area contributed by atoms with Crippen LogP contribution >= 0.6 is 11.8 Å². The predicted octanol–water partition coefficient (Wildman–Crippen LogP) is 2.16. The number of Topliss-reactive ketones (excluding diaryl/α,β-unsaturated/α-hetero) is 1. The number of thioether (sulfide) groups is 1. The molecular weight excluding hydrogens is 316 g/mol. The molecule has 8 heteroatoms. The second kappa shape index (κ2) is 6.41. The number of hydrogen-bond donors (Lipinski definition) is 1. The third kappa shape index (κ3) is 3.37. The van der Waals surface area contributed by atoms with Gasteiger partial charge in [0.1, 0.15) is 12.1 Å². The maximum Gasteiger partial charge on any atom is 0.262 e. The van der Waals surface area contributed by atoms with Gasteiger partial charge in [-0.05, 0) is 32.0 Å². The van der Waals surface area contributed by atoms with E-state index in [1.807, 2.05) is 18.4 Å². The molecule has 1 aromatic carbocycles. The Hall–Kier alpha value is -2.35. The number of nitrogens with one attached hydrogen (secondary N) is 1. The van der Waals surface area contributed by atoms with E-state index in [9.17, 15) is 9.59 Å². The number of fused-ring (bicyclic) bond motifs is 1. The number of benzene rings is 1. The second-order valence-corrected chi connectivity index (χ2v) is 6.32. The van der Waals surface area contributed by atoms with Crippen molar-refractivity contribution in [1.82, 2.24) is 14.8 Å². The zero-order valence-electron chi connectivity index (χ0n) is 12.8. The molecule has 0 aliphatic carbocycles. The number of aromatic nitrogens is 3. The largest absolute Gasteiger partial charge is 0.482 e. The molecule has 0 unspecified atom stereocenters. The molecule has 0 radical (unpaired) electrons. The van der Waals surface area contributed by atoms with Crippen LogP contribution in [0.1, 0.15) is 30.2 Å². The van der Waals surface area contributed by atoms with E-state index in [-0.39, 0.29) is 30.1 Å². The van der Waals surface area contributed by atoms with Crippen LogP contribution in [0.2, 0.25) is 0 Å². The van der Waals surface area contributed by atoms with Gasteiger partial charge in [-0.3, -0.25) is 9.59 Å². The maximum absolute atomic E-state index is 12.4. The van der Waals surface area contributed by atoms with Crippen LogP contribution in [0.4, 0.5) is 5.69 Å². The summed E-state index contributed by atoms with van der Waals surface area (Å²) in [7, 11) is 0. The Bertz CT molecular complexity index is 757. The van der Waals surface area contributed by atoms with Crippen LogP contribution < -0.4 is 10.1 Å². The van der Waals surface area contributed by atoms with E-state index in [0.29, 0.717) is 22.2 Å². The number of rotatable bonds is 5. The Morgan fingerprint density at radius 1 is 1.48 bits per heavy atom. The third-order valence-electron chi connectivity index (χ3n) is 3.36. The van der Waals surface area contributed by atoms with Crippen molar-refractivity contribution in [1.29, 1.82) is 0 Å². The number of anilines is 1. The summed E-state index contributed by atoms with van der Waals surface area (Å²) in [6.07, 6.45) is 1.66. The third-order valence-corrected chi connectivity index (χ3v) is 4.32. The molecule has 0 atom stereocenters. The van der Waals surface area contributed by atoms with Gasteiger partial charge in [-0.2, -0.15) is 0 Å². The molecule has 7 nitrogen and oxygen atoms in total. The van der Waals surface area contributed by atoms with Crippen molar-refractivity contribution >= 4 is 29.1 Å². The molecule has 1 aromatic heterocycles. The summed E-state index contributed by atoms with van der Waals surface area (Å²) in [5.41, 5.74) is 1.06. The Morgan fingerprint density at radius 2 is 2.30 bits per heavy atom. The van der Waals surface area contributed by atoms with E-state index in [2.05, 4.69) is 15.5 Å². The Labute approximate surface area is 137 Å². The number of ketones is 1. The van der Waals surface area contributed by atoms with Crippen LogP contribution in [-0.2, 0) is 4.79 Å². The van der Waals surface area contributed by atoms with Gasteiger partial charge in [-0.25, -0.2) is 0 Å². The molecule has 0 fully saturated rings. The standard InChI is InChI=1S/C15H16N4O3S/c1-9(2)19-8-16-18-15(19)23-7-12(20)10-3-4-13-11(5-10)17-14(21)6-22-13/h3-5,8-9H,6-7H2,1-2H3,(H,17,21). The van der Waals surface area contributed by atoms with Gasteiger partial charge in [0.05, 0.1) is 11.4 Å². The van der Waals surface area contributed by atoms with Crippen molar-refractivity contribution in [3.05, 3.63) is 30.1 Å². The van der Waals surface area contributed by atoms with Crippen LogP contribution in [0.3, 0.4) is 0 Å². The number of carbonyl (C=O) groups excluding carboxylic acids is 2. The van der Waals surface area contributed by atoms with Crippen molar-refractivity contribution < 1.29 is 14.3 Å². The topological polar surface area (TPSA) is 86.1 Å². The lowest BCUT2D eigenvalue weighted by molar-refractivity contribution is -0.118. The van der Waals surface area contributed by atoms with Crippen LogP contribution in [0.5, 0.6) is 5.75 Å². The maximum atomic E-state index is 12.4. The number of amides is 1. The van der Waals surface area contributed by atoms with E-state index in [1.165, 1.54) is 11.8 Å². The second-order valence-electron chi connectivity index (χ2n) is 5.37. The lowest BCUT2D eigenvalue weighted by Gasteiger charge is -2.18. The number of ether oxygens (including phenoxy) is 1. The minimum atomic E-state index is -0.221. The van der Waals surface area contributed by atoms with E-state index < -0.39 is 0 Å². The summed E-state index contributed by atoms with van der Waals surface area (Å²) >= 11 is 1.34. The van der Waals surface area contributed by atoms with Crippen LogP contribution in [0.25, 0.3) is 0 Å². The number of nitrogens with zero attached hydrogens (tertiary/aromatic N) is 3. The quantitative estimate of drug-likeness (QED) is 0.667. The average Bonchev–Trinajstić information content (AvgIpc) is 3.00. The number of hydrogen-bond acceptors (Lipinski definition) is 6. The Kier molecular flexibility index (Phi) is 4.33. The molecule has 1 aliphatic heterocycles. The van der Waals surface area contributed by atoms with Gasteiger partial charge < -0.3 is 14.6 Å². The summed E-state index contributed by atoms with van der Waals surface area (Å²) in [4.78, 5) is 23.7. The highest BCUT2D eigenvalue weighted by Gasteiger charge is 2.18. The average molecular weight is 332 g/mol. The molecule has 0 spiro atoms. The minimum absolute atomic E-state index is 0.000998. The molecule has 1 N–H and O–H groups in total. The molecule has 120 valence electrons. The fourth-order valence-corrected chi connectivity index (χ4v) is 3.10. The molecule has 23 heavy (non-hydrogen) atoms. The first-order valence-electron chi connectivity index (χ1n) is 7.17. The Balaban J connectivity index is 1.70. The van der Waals surface area contributed by atoms with Gasteiger partial charge in [-0.1, -0.05) is 11.8 Å². The highest BCUT2D eigenvalue weighted by molar-refractivity contribution is 7.99. The smallest absolute Gasteiger partial charge is 0.262 e. The lowest BCUT2D eigenvalue weighted by Crippen LogP contribution is -2.25. The molecule has 1 aliphatic rings. The van der Waals surface area contributed by atoms with Gasteiger partial charge >= 0.3 is 0 Å². The zero-order valence-corrected chi connectivity index (χ0v) is 13.6. The first kappa shape index (κ1) is 15.5. The van der Waals surface area contributed by atoms with Crippen LogP contribution in [0.15, 0.2) is 29.7 Å². The van der Waals surface area contributed by atoms with E-state index >= 15 is 0 Å². The predicted molar refractivity (Wildman–Crippen MR) is 86.0 cm³/mol. The lowest BCUT2D eigenvalue weighted by atomic mass is 10.1. The molecule has 0 saturated heterocycles. The van der Waals surface area contributed by atoms with Crippen molar-refractivity contribution in [2.75, 3.05) is 17.7 Å². The first-order valence-corrected chi connectivity index (χ1v) is 8.15. The van der Waals surface area contributed by atoms with Gasteiger partial charge in [-0.15, -0.1) is 10.2 Å². The summed E-state index contributed by atoms with van der Waals surface area (Å²) in [6.45, 7) is 4.06. The summed E-state index contributed by atoms with van der Waals surface area (Å²) < 4.78 is 7.20. The highest BCUT2D eigenvalue weighted by Crippen LogP contribution is 2.29. The molecular formula is C15H16N4O3S. The van der Waals surface area contributed by atoms with Crippen molar-refractivity contribution in [3.8, 4) is 5.75 Å². The van der Waals surface area contributed by atoms with Gasteiger partial charge in [0.25, 0.3) is 5.91 Å². The first-order chi connectivity index (χ1) is 11.0. The summed E-state index contributed by atoms with van der Waals surface area (Å²) in [5.74, 6) is 0.560. The SMILES string of the molecule is CC(C)n1cnnc1SCC(=O)c1ccc2c(c1)NC(=O)CO2. The van der Waals surface area contributed by atoms with Crippen molar-refractivity contribution in [3.63, 3.8) is 0 Å². The molecule has 2 heterocycles. The van der Waals surface area contributed by atoms with Gasteiger partial charge in [0, 0.05) is 11.6 Å². The van der Waals surface area contributed by atoms with Gasteiger partial charge in [0.15, 0.2) is 17.5 Å². The fraction of sp³-hybridized carbons (Fsp3) is 0.333. The zero-order chi connectivity index (χ0) is 16.4. The highest BCUT2D eigenvalue weighted by atomic mass is 32.2. The molecule has 3 rings (SSSR count). The van der Waals surface area contributed by atoms with Crippen LogP contribution in [0, 0.1) is 0 Å². The van der Waals surface area contributed by atoms with Crippen molar-refractivity contribution in [2.24, 2.45) is 0 Å². The van der Waals surface area contributed by atoms with Crippen molar-refractivity contribution in [2.45, 2.75) is 25.0 Å². The Morgan fingerprint density at radius 3 is 3.09 bits per heavy atom. The van der Waals surface area contributed by atoms with E-state index in [1.54, 1.807) is 24.5 Å². The number of carbonyl (C=O) groups is 2. The fourth-order valence-electron chi connectivity index (χ4n) is 2.16. The van der Waals surface area contributed by atoms with E-state index in [4.69, 9.17) is 4.74 Å². The van der Waals surface area contributed by atoms with Gasteiger partial charge in [0.2, 0.25) is 0 Å². The normalized spacial score (nSPS) is 13.4.